The zero-order valence-corrected chi connectivity index (χ0v) is 16.3. The Bertz CT molecular complexity index is 894. The van der Waals surface area contributed by atoms with Gasteiger partial charge in [0.05, 0.1) is 24.1 Å². The molecule has 26 heavy (non-hydrogen) atoms. The number of hydrogen-bond donors (Lipinski definition) is 1. The number of tetrazole rings is 1. The van der Waals surface area contributed by atoms with Gasteiger partial charge in [0.15, 0.2) is 6.04 Å². The molecule has 2 aromatic heterocycles. The van der Waals surface area contributed by atoms with Crippen LogP contribution in [0.5, 0.6) is 0 Å². The van der Waals surface area contributed by atoms with E-state index in [0.29, 0.717) is 0 Å². The molecule has 1 fully saturated rings. The van der Waals surface area contributed by atoms with E-state index < -0.39 is 0 Å². The van der Waals surface area contributed by atoms with Crippen molar-refractivity contribution in [2.75, 3.05) is 24.6 Å². The van der Waals surface area contributed by atoms with Crippen molar-refractivity contribution >= 4 is 22.7 Å². The van der Waals surface area contributed by atoms with E-state index >= 15 is 0 Å². The zero-order valence-electron chi connectivity index (χ0n) is 15.5. The van der Waals surface area contributed by atoms with Gasteiger partial charge in [0.1, 0.15) is 0 Å². The molecule has 7 heteroatoms. The monoisotopic (exact) mass is 369 g/mol. The minimum absolute atomic E-state index is 0.134. The van der Waals surface area contributed by atoms with Crippen LogP contribution in [-0.2, 0) is 5.54 Å². The summed E-state index contributed by atoms with van der Waals surface area (Å²) in [6.45, 7) is 8.69. The molecule has 1 N–H and O–H groups in total. The molecular weight excluding hydrogens is 344 g/mol. The van der Waals surface area contributed by atoms with Gasteiger partial charge in [-0.3, -0.25) is 4.98 Å². The normalized spacial score (nSPS) is 17.5. The maximum atomic E-state index is 4.47. The summed E-state index contributed by atoms with van der Waals surface area (Å²) in [4.78, 5) is 5.99. The smallest absolute Gasteiger partial charge is 0.214 e. The Kier molecular flexibility index (Phi) is 4.67. The first-order chi connectivity index (χ1) is 12.5. The summed E-state index contributed by atoms with van der Waals surface area (Å²) in [6.07, 6.45) is 1.84. The van der Waals surface area contributed by atoms with Crippen LogP contribution in [0.4, 0.5) is 0 Å². The number of nitrogens with zero attached hydrogens (tertiary/aromatic N) is 5. The molecule has 1 atom stereocenters. The number of benzene rings is 1. The van der Waals surface area contributed by atoms with Crippen LogP contribution in [0.25, 0.3) is 10.9 Å². The fourth-order valence-electron chi connectivity index (χ4n) is 3.62. The Morgan fingerprint density at radius 3 is 2.73 bits per heavy atom. The first-order valence-electron chi connectivity index (χ1n) is 9.10. The summed E-state index contributed by atoms with van der Waals surface area (Å²) in [6, 6.07) is 10.8. The number of rotatable bonds is 3. The van der Waals surface area contributed by atoms with Crippen molar-refractivity contribution in [1.82, 2.24) is 25.2 Å². The number of aromatic nitrogens is 5. The summed E-state index contributed by atoms with van der Waals surface area (Å²) in [5.41, 5.74) is 2.13. The Balaban J connectivity index is 1.84. The fourth-order valence-corrected chi connectivity index (χ4v) is 4.63. The van der Waals surface area contributed by atoms with Gasteiger partial charge in [-0.25, -0.2) is 4.68 Å². The van der Waals surface area contributed by atoms with Crippen LogP contribution < -0.4 is 4.90 Å². The van der Waals surface area contributed by atoms with Crippen molar-refractivity contribution in [3.05, 3.63) is 47.9 Å². The third kappa shape index (κ3) is 3.33. The number of hydrogen-bond acceptors (Lipinski definition) is 5. The summed E-state index contributed by atoms with van der Waals surface area (Å²) in [7, 11) is 0. The quantitative estimate of drug-likeness (QED) is 0.761. The van der Waals surface area contributed by atoms with Crippen molar-refractivity contribution in [3.8, 4) is 0 Å². The molecule has 0 aliphatic carbocycles. The summed E-state index contributed by atoms with van der Waals surface area (Å²) in [5.74, 6) is 3.30. The fraction of sp³-hybridized carbons (Fsp3) is 0.474. The van der Waals surface area contributed by atoms with Crippen LogP contribution >= 0.6 is 11.8 Å². The molecular formula is C19H25N6S+. The van der Waals surface area contributed by atoms with Crippen molar-refractivity contribution < 1.29 is 4.90 Å². The maximum absolute atomic E-state index is 4.47. The molecule has 1 aromatic carbocycles. The van der Waals surface area contributed by atoms with Crippen LogP contribution in [-0.4, -0.2) is 49.8 Å². The van der Waals surface area contributed by atoms with Gasteiger partial charge in [0, 0.05) is 28.7 Å². The first-order valence-corrected chi connectivity index (χ1v) is 10.3. The van der Waals surface area contributed by atoms with E-state index in [1.54, 1.807) is 0 Å². The van der Waals surface area contributed by atoms with Gasteiger partial charge >= 0.3 is 0 Å². The molecule has 0 unspecified atom stereocenters. The highest BCUT2D eigenvalue weighted by Crippen LogP contribution is 2.25. The van der Waals surface area contributed by atoms with Gasteiger partial charge in [-0.15, -0.1) is 5.10 Å². The predicted octanol–water partition coefficient (Wildman–Crippen LogP) is 1.70. The Hall–Kier alpha value is -1.99. The number of quaternary nitrogens is 1. The van der Waals surface area contributed by atoms with E-state index in [2.05, 4.69) is 65.5 Å². The van der Waals surface area contributed by atoms with E-state index in [0.717, 1.165) is 29.8 Å². The van der Waals surface area contributed by atoms with Gasteiger partial charge < -0.3 is 4.90 Å². The third-order valence-electron chi connectivity index (χ3n) is 4.89. The van der Waals surface area contributed by atoms with Crippen molar-refractivity contribution in [3.63, 3.8) is 0 Å². The van der Waals surface area contributed by atoms with E-state index in [1.807, 2.05) is 28.7 Å². The van der Waals surface area contributed by atoms with Crippen LogP contribution in [0.2, 0.25) is 0 Å². The van der Waals surface area contributed by atoms with E-state index in [-0.39, 0.29) is 11.6 Å². The lowest BCUT2D eigenvalue weighted by atomic mass is 10.0. The van der Waals surface area contributed by atoms with Gasteiger partial charge in [0.2, 0.25) is 5.82 Å². The van der Waals surface area contributed by atoms with Gasteiger partial charge in [-0.2, -0.15) is 11.8 Å². The number of thioether (sulfide) groups is 1. The SMILES string of the molecule is CC(C)(C)n1nnnc1[C@@H](c1ccc2ncccc2c1)[NH+]1CCSCC1. The highest BCUT2D eigenvalue weighted by Gasteiger charge is 2.35. The zero-order chi connectivity index (χ0) is 18.1. The molecule has 3 aromatic rings. The Labute approximate surface area is 158 Å². The minimum Gasteiger partial charge on any atom is -0.321 e. The second-order valence-electron chi connectivity index (χ2n) is 7.78. The molecule has 3 heterocycles. The van der Waals surface area contributed by atoms with Crippen molar-refractivity contribution in [2.45, 2.75) is 32.4 Å². The Morgan fingerprint density at radius 2 is 1.96 bits per heavy atom. The molecule has 136 valence electrons. The average Bonchev–Trinajstić information content (AvgIpc) is 3.13. The second kappa shape index (κ2) is 6.96. The van der Waals surface area contributed by atoms with Crippen LogP contribution in [0.1, 0.15) is 38.2 Å². The molecule has 0 bridgehead atoms. The van der Waals surface area contributed by atoms with E-state index in [4.69, 9.17) is 0 Å². The van der Waals surface area contributed by atoms with Crippen molar-refractivity contribution in [2.24, 2.45) is 0 Å². The molecule has 0 spiro atoms. The van der Waals surface area contributed by atoms with Crippen LogP contribution in [0.3, 0.4) is 0 Å². The molecule has 1 saturated heterocycles. The topological polar surface area (TPSA) is 60.9 Å². The highest BCUT2D eigenvalue weighted by molar-refractivity contribution is 7.99. The number of nitrogens with one attached hydrogen (secondary N) is 1. The molecule has 6 nitrogen and oxygen atoms in total. The molecule has 0 amide bonds. The van der Waals surface area contributed by atoms with Crippen LogP contribution in [0, 0.1) is 0 Å². The summed E-state index contributed by atoms with van der Waals surface area (Å²) in [5, 5.41) is 14.0. The third-order valence-corrected chi connectivity index (χ3v) is 5.88. The highest BCUT2D eigenvalue weighted by atomic mass is 32.2. The largest absolute Gasteiger partial charge is 0.321 e. The van der Waals surface area contributed by atoms with Gasteiger partial charge in [-0.1, -0.05) is 12.1 Å². The van der Waals surface area contributed by atoms with E-state index in [9.17, 15) is 0 Å². The molecule has 0 radical (unpaired) electrons. The standard InChI is InChI=1S/C19H24N6S/c1-19(2,3)25-18(21-22-23-25)17(24-9-11-26-12-10-24)15-6-7-16-14(13-15)5-4-8-20-16/h4-8,13,17H,9-12H2,1-3H3/p+1/t17-/m1/s1. The van der Waals surface area contributed by atoms with Gasteiger partial charge in [-0.05, 0) is 49.4 Å². The maximum Gasteiger partial charge on any atom is 0.214 e. The predicted molar refractivity (Wildman–Crippen MR) is 104 cm³/mol. The lowest BCUT2D eigenvalue weighted by Gasteiger charge is -2.32. The van der Waals surface area contributed by atoms with Gasteiger partial charge in [0.25, 0.3) is 0 Å². The number of fused-ring (bicyclic) bond motifs is 1. The average molecular weight is 370 g/mol. The molecule has 1 aliphatic rings. The van der Waals surface area contributed by atoms with Crippen molar-refractivity contribution in [1.29, 1.82) is 0 Å². The Morgan fingerprint density at radius 1 is 1.15 bits per heavy atom. The minimum atomic E-state index is -0.153. The molecule has 0 saturated carbocycles. The second-order valence-corrected chi connectivity index (χ2v) is 9.00. The van der Waals surface area contributed by atoms with Crippen LogP contribution in [0.15, 0.2) is 36.5 Å². The first kappa shape index (κ1) is 17.4. The lowest BCUT2D eigenvalue weighted by molar-refractivity contribution is -0.922. The molecule has 4 rings (SSSR count). The lowest BCUT2D eigenvalue weighted by Crippen LogP contribution is -3.14. The molecule has 1 aliphatic heterocycles. The van der Waals surface area contributed by atoms with E-state index in [1.165, 1.54) is 22.0 Å². The summed E-state index contributed by atoms with van der Waals surface area (Å²) >= 11 is 2.03. The number of pyridine rings is 1. The summed E-state index contributed by atoms with van der Waals surface area (Å²) < 4.78 is 1.99.